The van der Waals surface area contributed by atoms with Crippen LogP contribution in [0.1, 0.15) is 41.5 Å². The molecule has 192 valence electrons. The van der Waals surface area contributed by atoms with Gasteiger partial charge in [0.25, 0.3) is 11.9 Å². The lowest BCUT2D eigenvalue weighted by molar-refractivity contribution is 0.102. The normalized spacial score (nSPS) is 16.8. The van der Waals surface area contributed by atoms with E-state index in [4.69, 9.17) is 4.74 Å². The lowest BCUT2D eigenvalue weighted by Crippen LogP contribution is -2.36. The molecule has 1 aliphatic heterocycles. The standard InChI is InChI=1S/C26H27F2N7O2/c1-15-10-20(27)19(25(36)30-21-14-35(32-23(21)28)26(3)4-5-26)12-18(15)17-11-22(33-6-8-37-9-7-33)24-29-16(2)31-34(24)13-17/h10-14H,4-9H2,1-3H3,(H,30,36). The zero-order chi connectivity index (χ0) is 25.9. The Kier molecular flexibility index (Phi) is 5.48. The zero-order valence-electron chi connectivity index (χ0n) is 20.9. The molecule has 2 fully saturated rings. The number of morpholine rings is 1. The highest BCUT2D eigenvalue weighted by Gasteiger charge is 2.41. The number of aromatic nitrogens is 5. The second-order valence-corrected chi connectivity index (χ2v) is 10.0. The number of pyridine rings is 1. The van der Waals surface area contributed by atoms with Crippen molar-refractivity contribution < 1.29 is 18.3 Å². The summed E-state index contributed by atoms with van der Waals surface area (Å²) < 4.78 is 38.2. The number of fused-ring (bicyclic) bond motifs is 1. The number of halogens is 2. The molecule has 4 aromatic rings. The van der Waals surface area contributed by atoms with Crippen molar-refractivity contribution in [2.24, 2.45) is 0 Å². The lowest BCUT2D eigenvalue weighted by atomic mass is 9.98. The predicted octanol–water partition coefficient (Wildman–Crippen LogP) is 4.09. The molecule has 3 aromatic heterocycles. The lowest BCUT2D eigenvalue weighted by Gasteiger charge is -2.29. The number of carbonyl (C=O) groups is 1. The van der Waals surface area contributed by atoms with Crippen LogP contribution in [0.4, 0.5) is 20.2 Å². The van der Waals surface area contributed by atoms with Crippen LogP contribution in [0.15, 0.2) is 30.6 Å². The Balaban J connectivity index is 1.38. The third-order valence-electron chi connectivity index (χ3n) is 7.19. The monoisotopic (exact) mass is 507 g/mol. The highest BCUT2D eigenvalue weighted by molar-refractivity contribution is 6.05. The maximum Gasteiger partial charge on any atom is 0.258 e. The van der Waals surface area contributed by atoms with Crippen molar-refractivity contribution in [3.8, 4) is 11.1 Å². The number of hydrogen-bond donors (Lipinski definition) is 1. The molecule has 11 heteroatoms. The van der Waals surface area contributed by atoms with Crippen molar-refractivity contribution in [1.82, 2.24) is 24.4 Å². The molecule has 1 amide bonds. The van der Waals surface area contributed by atoms with E-state index in [2.05, 4.69) is 25.4 Å². The first-order chi connectivity index (χ1) is 17.7. The van der Waals surface area contributed by atoms with Crippen LogP contribution in [0.3, 0.4) is 0 Å². The number of nitrogens with zero attached hydrogens (tertiary/aromatic N) is 6. The highest BCUT2D eigenvalue weighted by Crippen LogP contribution is 2.43. The van der Waals surface area contributed by atoms with Gasteiger partial charge in [-0.2, -0.15) is 9.49 Å². The van der Waals surface area contributed by atoms with Crippen molar-refractivity contribution in [1.29, 1.82) is 0 Å². The number of anilines is 2. The molecule has 1 N–H and O–H groups in total. The van der Waals surface area contributed by atoms with E-state index in [1.54, 1.807) is 11.4 Å². The molecule has 1 saturated carbocycles. The van der Waals surface area contributed by atoms with Crippen LogP contribution >= 0.6 is 0 Å². The van der Waals surface area contributed by atoms with Crippen molar-refractivity contribution >= 4 is 22.9 Å². The minimum absolute atomic E-state index is 0.0752. The molecule has 0 spiro atoms. The van der Waals surface area contributed by atoms with Gasteiger partial charge in [-0.1, -0.05) is 0 Å². The fraction of sp³-hybridized carbons (Fsp3) is 0.385. The van der Waals surface area contributed by atoms with Gasteiger partial charge >= 0.3 is 0 Å². The molecule has 2 aliphatic rings. The molecule has 4 heterocycles. The Labute approximate surface area is 212 Å². The molecule has 1 aromatic carbocycles. The molecule has 1 aliphatic carbocycles. The van der Waals surface area contributed by atoms with E-state index in [0.29, 0.717) is 43.3 Å². The third-order valence-corrected chi connectivity index (χ3v) is 7.19. The van der Waals surface area contributed by atoms with Crippen molar-refractivity contribution in [2.75, 3.05) is 36.5 Å². The van der Waals surface area contributed by atoms with Crippen LogP contribution in [-0.4, -0.2) is 56.6 Å². The Morgan fingerprint density at radius 2 is 1.84 bits per heavy atom. The summed E-state index contributed by atoms with van der Waals surface area (Å²) >= 11 is 0. The Morgan fingerprint density at radius 1 is 1.08 bits per heavy atom. The second kappa shape index (κ2) is 8.62. The first kappa shape index (κ1) is 23.5. The van der Waals surface area contributed by atoms with Gasteiger partial charge in [0, 0.05) is 24.8 Å². The van der Waals surface area contributed by atoms with Gasteiger partial charge in [0.15, 0.2) is 5.65 Å². The number of aryl methyl sites for hydroxylation is 2. The fourth-order valence-corrected chi connectivity index (χ4v) is 4.73. The quantitative estimate of drug-likeness (QED) is 0.438. The van der Waals surface area contributed by atoms with Crippen LogP contribution in [0.2, 0.25) is 0 Å². The van der Waals surface area contributed by atoms with Gasteiger partial charge in [-0.05, 0) is 62.9 Å². The topological polar surface area (TPSA) is 89.6 Å². The van der Waals surface area contributed by atoms with Gasteiger partial charge in [-0.25, -0.2) is 13.9 Å². The number of benzene rings is 1. The van der Waals surface area contributed by atoms with Gasteiger partial charge in [0.05, 0.1) is 36.2 Å². The van der Waals surface area contributed by atoms with E-state index < -0.39 is 17.7 Å². The van der Waals surface area contributed by atoms with Gasteiger partial charge in [-0.15, -0.1) is 5.10 Å². The molecule has 0 unspecified atom stereocenters. The van der Waals surface area contributed by atoms with Crippen LogP contribution in [-0.2, 0) is 10.3 Å². The van der Waals surface area contributed by atoms with E-state index in [1.807, 2.05) is 26.1 Å². The molecule has 37 heavy (non-hydrogen) atoms. The Bertz CT molecular complexity index is 1530. The van der Waals surface area contributed by atoms with E-state index in [9.17, 15) is 9.18 Å². The summed E-state index contributed by atoms with van der Waals surface area (Å²) in [5.74, 6) is -1.60. The van der Waals surface area contributed by atoms with Crippen molar-refractivity contribution in [3.05, 3.63) is 59.3 Å². The number of nitrogens with one attached hydrogen (secondary N) is 1. The number of ether oxygens (including phenoxy) is 1. The van der Waals surface area contributed by atoms with Gasteiger partial charge < -0.3 is 15.0 Å². The number of carbonyl (C=O) groups excluding carboxylic acids is 1. The Morgan fingerprint density at radius 3 is 2.57 bits per heavy atom. The van der Waals surface area contributed by atoms with E-state index in [1.165, 1.54) is 23.0 Å². The largest absolute Gasteiger partial charge is 0.378 e. The Hall–Kier alpha value is -3.86. The third kappa shape index (κ3) is 4.22. The van der Waals surface area contributed by atoms with Crippen LogP contribution in [0, 0.1) is 25.6 Å². The summed E-state index contributed by atoms with van der Waals surface area (Å²) in [5, 5.41) is 10.9. The maximum atomic E-state index is 15.0. The summed E-state index contributed by atoms with van der Waals surface area (Å²) in [7, 11) is 0. The minimum Gasteiger partial charge on any atom is -0.378 e. The van der Waals surface area contributed by atoms with Crippen molar-refractivity contribution in [3.63, 3.8) is 0 Å². The van der Waals surface area contributed by atoms with Gasteiger partial charge in [0.1, 0.15) is 17.3 Å². The first-order valence-corrected chi connectivity index (χ1v) is 12.3. The van der Waals surface area contributed by atoms with E-state index in [0.717, 1.165) is 29.7 Å². The van der Waals surface area contributed by atoms with Gasteiger partial charge in [0.2, 0.25) is 0 Å². The molecule has 0 bridgehead atoms. The van der Waals surface area contributed by atoms with Crippen LogP contribution in [0.5, 0.6) is 0 Å². The van der Waals surface area contributed by atoms with Gasteiger partial charge in [-0.3, -0.25) is 9.48 Å². The number of rotatable bonds is 5. The predicted molar refractivity (Wildman–Crippen MR) is 134 cm³/mol. The van der Waals surface area contributed by atoms with E-state index >= 15 is 4.39 Å². The van der Waals surface area contributed by atoms with Crippen LogP contribution in [0.25, 0.3) is 16.8 Å². The van der Waals surface area contributed by atoms with Crippen LogP contribution < -0.4 is 10.2 Å². The van der Waals surface area contributed by atoms with E-state index in [-0.39, 0.29) is 16.8 Å². The summed E-state index contributed by atoms with van der Waals surface area (Å²) in [6.45, 7) is 8.21. The minimum atomic E-state index is -0.795. The molecule has 0 atom stereocenters. The first-order valence-electron chi connectivity index (χ1n) is 12.3. The summed E-state index contributed by atoms with van der Waals surface area (Å²) in [4.78, 5) is 19.9. The zero-order valence-corrected chi connectivity index (χ0v) is 20.9. The maximum absolute atomic E-state index is 15.0. The summed E-state index contributed by atoms with van der Waals surface area (Å²) in [5.41, 5.74) is 3.18. The number of hydrogen-bond acceptors (Lipinski definition) is 6. The number of amides is 1. The molecule has 0 radical (unpaired) electrons. The summed E-state index contributed by atoms with van der Waals surface area (Å²) in [6, 6.07) is 4.80. The smallest absolute Gasteiger partial charge is 0.258 e. The highest BCUT2D eigenvalue weighted by atomic mass is 19.1. The SMILES string of the molecule is Cc1nc2c(N3CCOCC3)cc(-c3cc(C(=O)Nc4cn(C5(C)CC5)nc4F)c(F)cc3C)cn2n1. The summed E-state index contributed by atoms with van der Waals surface area (Å²) in [6.07, 6.45) is 5.06. The average Bonchev–Trinajstić information content (AvgIpc) is 3.34. The average molecular weight is 508 g/mol. The fourth-order valence-electron chi connectivity index (χ4n) is 4.73. The molecule has 6 rings (SSSR count). The van der Waals surface area contributed by atoms with Crippen molar-refractivity contribution in [2.45, 2.75) is 39.2 Å². The second-order valence-electron chi connectivity index (χ2n) is 10.0. The molecule has 9 nitrogen and oxygen atoms in total. The molecular weight excluding hydrogens is 480 g/mol. The molecular formula is C26H27F2N7O2. The molecule has 1 saturated heterocycles.